The van der Waals surface area contributed by atoms with Gasteiger partial charge in [-0.2, -0.15) is 0 Å². The summed E-state index contributed by atoms with van der Waals surface area (Å²) < 4.78 is 0. The third-order valence-corrected chi connectivity index (χ3v) is 0.349. The van der Waals surface area contributed by atoms with Crippen molar-refractivity contribution in [3.8, 4) is 0 Å². The van der Waals surface area contributed by atoms with Crippen molar-refractivity contribution < 1.29 is 35.1 Å². The van der Waals surface area contributed by atoms with E-state index in [0.717, 1.165) is 12.2 Å². The molecule has 126 valence electrons. The van der Waals surface area contributed by atoms with Gasteiger partial charge in [0.15, 0.2) is 0 Å². The van der Waals surface area contributed by atoms with Crippen molar-refractivity contribution in [3.63, 3.8) is 0 Å². The van der Waals surface area contributed by atoms with Crippen molar-refractivity contribution in [2.75, 3.05) is 19.8 Å². The monoisotopic (exact) mass is 339 g/mol. The summed E-state index contributed by atoms with van der Waals surface area (Å²) in [6.45, 7) is 11.7. The van der Waals surface area contributed by atoms with Gasteiger partial charge in [0.2, 0.25) is 0 Å². The fourth-order valence-electron chi connectivity index (χ4n) is 0. The van der Waals surface area contributed by atoms with Gasteiger partial charge in [-0.1, -0.05) is 13.2 Å². The van der Waals surface area contributed by atoms with E-state index >= 15 is 0 Å². The summed E-state index contributed by atoms with van der Waals surface area (Å²) >= 11 is 0. The molecule has 0 spiro atoms. The molecule has 0 aliphatic rings. The van der Waals surface area contributed by atoms with Gasteiger partial charge in [0.05, 0.1) is 0 Å². The number of aliphatic hydroxyl groups excluding tert-OH is 3. The third kappa shape index (κ3) is 420. The summed E-state index contributed by atoms with van der Waals surface area (Å²) in [6, 6.07) is 0. The molecule has 0 aliphatic carbocycles. The van der Waals surface area contributed by atoms with E-state index in [2.05, 4.69) is 13.2 Å². The van der Waals surface area contributed by atoms with Crippen LogP contribution in [0.1, 0.15) is 20.8 Å². The van der Waals surface area contributed by atoms with Crippen molar-refractivity contribution in [2.45, 2.75) is 20.8 Å². The Morgan fingerprint density at radius 3 is 0.857 bits per heavy atom. The minimum atomic E-state index is -0.981. The Labute approximate surface area is 169 Å². The number of rotatable bonds is 2. The van der Waals surface area contributed by atoms with Crippen molar-refractivity contribution in [1.29, 1.82) is 0 Å². The van der Waals surface area contributed by atoms with Gasteiger partial charge in [-0.25, -0.2) is 9.59 Å². The number of hydrogen-bond acceptors (Lipinski definition) is 6. The molecule has 0 atom stereocenters. The van der Waals surface area contributed by atoms with Gasteiger partial charge in [0, 0.05) is 32.0 Å². The molecule has 8 nitrogen and oxygen atoms in total. The molecule has 9 heteroatoms. The Bertz CT molecular complexity index is 179. The zero-order valence-electron chi connectivity index (χ0n) is 12.4. The standard InChI is InChI=1S/2C3H4O2.3C2H6O.K.H3N.H/c2*1-2-3(4)5;3*1-2-3;;;/h2*2H,1H2,(H,4,5);3*3H,2H2,1H3;;1H3;. The quantitative estimate of drug-likeness (QED) is 0.302. The summed E-state index contributed by atoms with van der Waals surface area (Å²) in [5.74, 6) is -1.96. The van der Waals surface area contributed by atoms with E-state index in [4.69, 9.17) is 25.5 Å². The maximum atomic E-state index is 9.25. The molecule has 0 radical (unpaired) electrons. The van der Waals surface area contributed by atoms with Gasteiger partial charge in [0.25, 0.3) is 0 Å². The maximum absolute atomic E-state index is 9.25. The molecule has 0 aromatic carbocycles. The van der Waals surface area contributed by atoms with Gasteiger partial charge in [-0.15, -0.1) is 0 Å². The van der Waals surface area contributed by atoms with Crippen LogP contribution >= 0.6 is 0 Å². The average molecular weight is 339 g/mol. The molecule has 0 aromatic rings. The molecule has 0 rings (SSSR count). The number of aliphatic hydroxyl groups is 3. The molecule has 0 amide bonds. The van der Waals surface area contributed by atoms with Crippen LogP contribution in [-0.4, -0.2) is 109 Å². The third-order valence-electron chi connectivity index (χ3n) is 0.349. The summed E-state index contributed by atoms with van der Waals surface area (Å²) in [5, 5.41) is 37.9. The Hall–Kier alpha value is -0.104. The molecule has 0 aromatic heterocycles. The van der Waals surface area contributed by atoms with Crippen LogP contribution in [0.3, 0.4) is 0 Å². The molecular weight excluding hydrogens is 309 g/mol. The van der Waals surface area contributed by atoms with Crippen LogP contribution < -0.4 is 6.15 Å². The summed E-state index contributed by atoms with van der Waals surface area (Å²) in [5.41, 5.74) is 0. The van der Waals surface area contributed by atoms with E-state index in [1.165, 1.54) is 0 Å². The average Bonchev–Trinajstić information content (AvgIpc) is 2.32. The minimum absolute atomic E-state index is 0. The molecule has 0 bridgehead atoms. The van der Waals surface area contributed by atoms with Crippen LogP contribution in [0.2, 0.25) is 0 Å². The molecule has 0 fully saturated rings. The number of hydrogen-bond donors (Lipinski definition) is 6. The van der Waals surface area contributed by atoms with Crippen LogP contribution in [0.4, 0.5) is 0 Å². The van der Waals surface area contributed by atoms with E-state index in [1.807, 2.05) is 0 Å². The SMILES string of the molecule is C=CC(=O)O.C=CC(=O)O.CCO.CCO.CCO.N.[KH]. The van der Waals surface area contributed by atoms with E-state index in [9.17, 15) is 9.59 Å². The van der Waals surface area contributed by atoms with Crippen molar-refractivity contribution in [3.05, 3.63) is 25.3 Å². The topological polar surface area (TPSA) is 170 Å². The molecule has 0 saturated carbocycles. The fourth-order valence-corrected chi connectivity index (χ4v) is 0. The van der Waals surface area contributed by atoms with Gasteiger partial charge in [-0.05, 0) is 20.8 Å². The molecule has 0 aliphatic heterocycles. The fraction of sp³-hybridized carbons (Fsp3) is 0.500. The summed E-state index contributed by atoms with van der Waals surface area (Å²) in [7, 11) is 0. The predicted octanol–water partition coefficient (Wildman–Crippen LogP) is 0.0233. The molecule has 21 heavy (non-hydrogen) atoms. The first-order valence-corrected chi connectivity index (χ1v) is 5.32. The summed E-state index contributed by atoms with van der Waals surface area (Å²) in [4.78, 5) is 18.5. The zero-order valence-corrected chi connectivity index (χ0v) is 12.4. The number of carbonyl (C=O) groups is 2. The van der Waals surface area contributed by atoms with Crippen LogP contribution in [0.15, 0.2) is 25.3 Å². The molecule has 0 unspecified atom stereocenters. The van der Waals surface area contributed by atoms with Gasteiger partial charge in [-0.3, -0.25) is 0 Å². The molecule has 8 N–H and O–H groups in total. The van der Waals surface area contributed by atoms with Crippen LogP contribution in [0.25, 0.3) is 0 Å². The normalized spacial score (nSPS) is 5.62. The Morgan fingerprint density at radius 2 is 0.857 bits per heavy atom. The molecule has 0 heterocycles. The van der Waals surface area contributed by atoms with Crippen LogP contribution in [0, 0.1) is 0 Å². The van der Waals surface area contributed by atoms with E-state index < -0.39 is 11.9 Å². The van der Waals surface area contributed by atoms with Crippen LogP contribution in [-0.2, 0) is 9.59 Å². The Morgan fingerprint density at radius 1 is 0.810 bits per heavy atom. The van der Waals surface area contributed by atoms with Crippen molar-refractivity contribution in [2.24, 2.45) is 0 Å². The van der Waals surface area contributed by atoms with Gasteiger partial charge >= 0.3 is 63.3 Å². The first-order valence-electron chi connectivity index (χ1n) is 5.32. The van der Waals surface area contributed by atoms with Gasteiger partial charge < -0.3 is 31.7 Å². The first-order chi connectivity index (χ1) is 8.78. The van der Waals surface area contributed by atoms with Crippen molar-refractivity contribution >= 4 is 63.3 Å². The van der Waals surface area contributed by atoms with Crippen LogP contribution in [0.5, 0.6) is 0 Å². The van der Waals surface area contributed by atoms with Crippen molar-refractivity contribution in [1.82, 2.24) is 6.15 Å². The molecular formula is C12H30KNO7. The Kier molecular flexibility index (Phi) is 122. The second-order valence-electron chi connectivity index (χ2n) is 2.03. The second kappa shape index (κ2) is 59.8. The molecule has 0 saturated heterocycles. The van der Waals surface area contributed by atoms with E-state index in [1.54, 1.807) is 20.8 Å². The van der Waals surface area contributed by atoms with E-state index in [0.29, 0.717) is 0 Å². The number of carboxylic acids is 2. The Balaban J connectivity index is -0.0000000233. The second-order valence-corrected chi connectivity index (χ2v) is 2.03. The van der Waals surface area contributed by atoms with E-state index in [-0.39, 0.29) is 77.4 Å². The summed E-state index contributed by atoms with van der Waals surface area (Å²) in [6.07, 6.45) is 1.67. The first kappa shape index (κ1) is 42.8. The number of carboxylic acid groups (broad SMARTS) is 2. The number of aliphatic carboxylic acids is 2. The zero-order chi connectivity index (χ0) is 16.7. The predicted molar refractivity (Wildman–Crippen MR) is 86.1 cm³/mol. The van der Waals surface area contributed by atoms with Gasteiger partial charge in [0.1, 0.15) is 0 Å².